The minimum Gasteiger partial charge on any atom is -0.481 e. The quantitative estimate of drug-likeness (QED) is 0.335. The normalized spacial score (nSPS) is 29.7. The lowest BCUT2D eigenvalue weighted by Gasteiger charge is -2.57. The Kier molecular flexibility index (Phi) is 6.14. The molecule has 2 bridgehead atoms. The van der Waals surface area contributed by atoms with Gasteiger partial charge in [0.05, 0.1) is 0 Å². The van der Waals surface area contributed by atoms with Crippen LogP contribution in [0.15, 0.2) is 24.3 Å². The molecule has 0 radical (unpaired) electrons. The molecular weight excluding hydrogens is 462 g/mol. The second kappa shape index (κ2) is 8.91. The number of rotatable bonds is 6. The molecule has 1 aromatic carbocycles. The molecule has 1 spiro atoms. The molecule has 2 aliphatic heterocycles. The number of esters is 3. The monoisotopic (exact) mass is 497 g/mol. The third kappa shape index (κ3) is 4.19. The highest BCUT2D eigenvalue weighted by molar-refractivity contribution is 5.73. The Morgan fingerprint density at radius 1 is 1.14 bits per heavy atom. The summed E-state index contributed by atoms with van der Waals surface area (Å²) in [7, 11) is 0. The molecule has 2 aliphatic carbocycles. The Bertz CT molecular complexity index is 1120. The predicted octanol–water partition coefficient (Wildman–Crippen LogP) is 3.48. The van der Waals surface area contributed by atoms with Crippen molar-refractivity contribution >= 4 is 17.9 Å². The van der Waals surface area contributed by atoms with Crippen LogP contribution in [0, 0.1) is 5.92 Å². The summed E-state index contributed by atoms with van der Waals surface area (Å²) in [6.07, 6.45) is 6.02. The zero-order chi connectivity index (χ0) is 25.8. The molecule has 0 amide bonds. The van der Waals surface area contributed by atoms with Crippen molar-refractivity contribution < 1.29 is 33.3 Å². The van der Waals surface area contributed by atoms with Crippen LogP contribution in [0.5, 0.6) is 11.5 Å². The van der Waals surface area contributed by atoms with E-state index in [-0.39, 0.29) is 35.4 Å². The molecule has 8 nitrogen and oxygen atoms in total. The number of carbonyl (C=O) groups is 3. The summed E-state index contributed by atoms with van der Waals surface area (Å²) in [6.45, 7) is 10.1. The van der Waals surface area contributed by atoms with Gasteiger partial charge in [0.1, 0.15) is 11.7 Å². The van der Waals surface area contributed by atoms with E-state index in [2.05, 4.69) is 11.0 Å². The maximum Gasteiger partial charge on any atom is 0.308 e. The van der Waals surface area contributed by atoms with Crippen molar-refractivity contribution in [1.29, 1.82) is 0 Å². The molecule has 0 N–H and O–H groups in total. The van der Waals surface area contributed by atoms with Crippen molar-refractivity contribution in [2.24, 2.45) is 5.92 Å². The highest BCUT2D eigenvalue weighted by atomic mass is 16.6. The smallest absolute Gasteiger partial charge is 0.308 e. The van der Waals surface area contributed by atoms with Gasteiger partial charge in [0.15, 0.2) is 17.6 Å². The van der Waals surface area contributed by atoms with Gasteiger partial charge in [0, 0.05) is 43.2 Å². The molecule has 1 aromatic rings. The van der Waals surface area contributed by atoms with Gasteiger partial charge in [-0.2, -0.15) is 0 Å². The van der Waals surface area contributed by atoms with Crippen molar-refractivity contribution in [3.8, 4) is 11.5 Å². The Balaban J connectivity index is 1.45. The zero-order valence-electron chi connectivity index (χ0n) is 21.7. The summed E-state index contributed by atoms with van der Waals surface area (Å²) in [5.41, 5.74) is 1.44. The van der Waals surface area contributed by atoms with Crippen LogP contribution in [0.3, 0.4) is 0 Å². The number of ether oxygens (including phenoxy) is 4. The molecule has 1 fully saturated rings. The van der Waals surface area contributed by atoms with E-state index >= 15 is 0 Å². The van der Waals surface area contributed by atoms with Crippen molar-refractivity contribution in [2.75, 3.05) is 13.1 Å². The standard InChI is InChI=1S/C28H35NO7/c1-16(30)33-21-10-8-18-15-20-19-9-11-22(34-17(2)31)26-28(19,24(18)25(21)35-26)12-14-29(20)13-6-7-23(32)36-27(3,4)5/h8-11,19-20,22,26H,6-7,12-15H2,1-5H3/t19-,20?,22-,26-,28-/m0/s1. The van der Waals surface area contributed by atoms with Crippen LogP contribution >= 0.6 is 0 Å². The van der Waals surface area contributed by atoms with Crippen LogP contribution in [-0.4, -0.2) is 59.7 Å². The van der Waals surface area contributed by atoms with Gasteiger partial charge in [-0.15, -0.1) is 0 Å². The van der Waals surface area contributed by atoms with Crippen molar-refractivity contribution in [3.63, 3.8) is 0 Å². The first-order valence-electron chi connectivity index (χ1n) is 12.8. The third-order valence-electron chi connectivity index (χ3n) is 7.75. The number of hydrogen-bond donors (Lipinski definition) is 0. The van der Waals surface area contributed by atoms with Gasteiger partial charge < -0.3 is 18.9 Å². The van der Waals surface area contributed by atoms with E-state index in [1.807, 2.05) is 32.9 Å². The van der Waals surface area contributed by atoms with E-state index in [9.17, 15) is 14.4 Å². The summed E-state index contributed by atoms with van der Waals surface area (Å²) in [5, 5.41) is 0. The Morgan fingerprint density at radius 2 is 1.92 bits per heavy atom. The van der Waals surface area contributed by atoms with Crippen LogP contribution in [0.1, 0.15) is 65.0 Å². The summed E-state index contributed by atoms with van der Waals surface area (Å²) in [6, 6.07) is 4.08. The van der Waals surface area contributed by atoms with E-state index in [1.54, 1.807) is 6.07 Å². The lowest BCUT2D eigenvalue weighted by molar-refractivity contribution is -0.156. The Labute approximate surface area is 211 Å². The number of benzene rings is 1. The summed E-state index contributed by atoms with van der Waals surface area (Å²) < 4.78 is 23.2. The van der Waals surface area contributed by atoms with Crippen LogP contribution in [0.2, 0.25) is 0 Å². The van der Waals surface area contributed by atoms with E-state index in [0.717, 1.165) is 37.9 Å². The van der Waals surface area contributed by atoms with Gasteiger partial charge in [-0.3, -0.25) is 19.3 Å². The van der Waals surface area contributed by atoms with E-state index < -0.39 is 17.7 Å². The number of piperidine rings is 1. The second-order valence-electron chi connectivity index (χ2n) is 11.3. The van der Waals surface area contributed by atoms with Gasteiger partial charge in [-0.25, -0.2) is 0 Å². The first-order valence-corrected chi connectivity index (χ1v) is 12.8. The molecule has 4 aliphatic rings. The Morgan fingerprint density at radius 3 is 2.61 bits per heavy atom. The first kappa shape index (κ1) is 24.8. The van der Waals surface area contributed by atoms with E-state index in [4.69, 9.17) is 18.9 Å². The molecule has 5 rings (SSSR count). The van der Waals surface area contributed by atoms with Gasteiger partial charge in [0.2, 0.25) is 0 Å². The summed E-state index contributed by atoms with van der Waals surface area (Å²) in [4.78, 5) is 38.4. The van der Waals surface area contributed by atoms with E-state index in [1.165, 1.54) is 19.4 Å². The molecule has 194 valence electrons. The maximum atomic E-state index is 12.2. The summed E-state index contributed by atoms with van der Waals surface area (Å²) >= 11 is 0. The third-order valence-corrected chi connectivity index (χ3v) is 7.75. The second-order valence-corrected chi connectivity index (χ2v) is 11.3. The van der Waals surface area contributed by atoms with Gasteiger partial charge in [-0.1, -0.05) is 12.1 Å². The number of nitrogens with zero attached hydrogens (tertiary/aromatic N) is 1. The molecule has 0 saturated carbocycles. The molecule has 1 unspecified atom stereocenters. The average molecular weight is 498 g/mol. The highest BCUT2D eigenvalue weighted by Crippen LogP contribution is 2.63. The van der Waals surface area contributed by atoms with Crippen LogP contribution in [0.25, 0.3) is 0 Å². The highest BCUT2D eigenvalue weighted by Gasteiger charge is 2.65. The molecule has 8 heteroatoms. The fourth-order valence-corrected chi connectivity index (χ4v) is 6.73. The molecular formula is C28H35NO7. The topological polar surface area (TPSA) is 91.4 Å². The van der Waals surface area contributed by atoms with Crippen LogP contribution in [0.4, 0.5) is 0 Å². The van der Waals surface area contributed by atoms with E-state index in [0.29, 0.717) is 17.9 Å². The lowest BCUT2D eigenvalue weighted by Crippen LogP contribution is -2.65. The first-order chi connectivity index (χ1) is 17.0. The van der Waals surface area contributed by atoms with Gasteiger partial charge in [-0.05, 0) is 70.8 Å². The minimum absolute atomic E-state index is 0.158. The number of likely N-dealkylation sites (tertiary alicyclic amines) is 1. The Hall–Kier alpha value is -2.87. The number of carbonyl (C=O) groups excluding carboxylic acids is 3. The molecule has 5 atom stereocenters. The fraction of sp³-hybridized carbons (Fsp3) is 0.607. The molecule has 1 saturated heterocycles. The summed E-state index contributed by atoms with van der Waals surface area (Å²) in [5.74, 6) is 0.261. The molecule has 36 heavy (non-hydrogen) atoms. The van der Waals surface area contributed by atoms with Crippen LogP contribution in [-0.2, 0) is 35.7 Å². The predicted molar refractivity (Wildman–Crippen MR) is 131 cm³/mol. The largest absolute Gasteiger partial charge is 0.481 e. The van der Waals surface area contributed by atoms with Crippen molar-refractivity contribution in [1.82, 2.24) is 4.90 Å². The average Bonchev–Trinajstić information content (AvgIpc) is 3.11. The van der Waals surface area contributed by atoms with Gasteiger partial charge >= 0.3 is 17.9 Å². The lowest BCUT2D eigenvalue weighted by atomic mass is 9.53. The fourth-order valence-electron chi connectivity index (χ4n) is 6.73. The molecule has 0 aromatic heterocycles. The van der Waals surface area contributed by atoms with Crippen LogP contribution < -0.4 is 9.47 Å². The molecule has 2 heterocycles. The van der Waals surface area contributed by atoms with Gasteiger partial charge in [0.25, 0.3) is 0 Å². The van der Waals surface area contributed by atoms with Crippen molar-refractivity contribution in [3.05, 3.63) is 35.4 Å². The number of hydrogen-bond acceptors (Lipinski definition) is 8. The SMILES string of the molecule is CC(=O)Oc1ccc2c3c1O[C@H]1[C@@H](OC(C)=O)C=C[C@H]4C(C2)N(CCCC(=O)OC(C)(C)C)CC[C@@]341. The maximum absolute atomic E-state index is 12.2. The minimum atomic E-state index is -0.512. The zero-order valence-corrected chi connectivity index (χ0v) is 21.7. The van der Waals surface area contributed by atoms with Crippen molar-refractivity contribution in [2.45, 2.75) is 89.6 Å².